The molecule has 28 nitrogen and oxygen atoms in total. The van der Waals surface area contributed by atoms with Crippen molar-refractivity contribution in [3.05, 3.63) is 0 Å². The van der Waals surface area contributed by atoms with Gasteiger partial charge in [-0.2, -0.15) is 0 Å². The first kappa shape index (κ1) is 85.2. The number of hydrogen-bond acceptors (Lipinski definition) is 20. The highest BCUT2D eigenvalue weighted by atomic mass is 16.5. The molecular formula is C58H104N8O20. The highest BCUT2D eigenvalue weighted by Crippen LogP contribution is 2.15. The van der Waals surface area contributed by atoms with Crippen molar-refractivity contribution in [2.75, 3.05) is 102 Å². The molecule has 0 saturated heterocycles. The molecule has 0 spiro atoms. The summed E-state index contributed by atoms with van der Waals surface area (Å²) in [6, 6.07) is -3.26. The van der Waals surface area contributed by atoms with Crippen LogP contribution in [0.5, 0.6) is 0 Å². The molecule has 0 aromatic heterocycles. The Morgan fingerprint density at radius 1 is 0.384 bits per heavy atom. The maximum atomic E-state index is 13.8. The van der Waals surface area contributed by atoms with Crippen LogP contribution in [0.25, 0.3) is 0 Å². The second kappa shape index (κ2) is 56.8. The number of esters is 4. The zero-order valence-corrected chi connectivity index (χ0v) is 53.6. The highest BCUT2D eigenvalue weighted by molar-refractivity contribution is 5.90. The Balaban J connectivity index is -0.00000107. The molecule has 0 radical (unpaired) electrons. The van der Waals surface area contributed by atoms with Gasteiger partial charge in [-0.3, -0.25) is 62.3 Å². The lowest BCUT2D eigenvalue weighted by atomic mass is 10.1. The van der Waals surface area contributed by atoms with Gasteiger partial charge < -0.3 is 74.1 Å². The van der Waals surface area contributed by atoms with Crippen LogP contribution in [0.2, 0.25) is 0 Å². The minimum absolute atomic E-state index is 0.00591. The molecule has 0 saturated carbocycles. The Hall–Kier alpha value is -7.26. The van der Waals surface area contributed by atoms with E-state index in [0.29, 0.717) is 51.8 Å². The summed E-state index contributed by atoms with van der Waals surface area (Å²) in [6.07, 6.45) is 7.14. The normalized spacial score (nSPS) is 11.5. The van der Waals surface area contributed by atoms with E-state index in [4.69, 9.17) is 14.3 Å². The van der Waals surface area contributed by atoms with Gasteiger partial charge in [0, 0.05) is 118 Å². The minimum atomic E-state index is -0.928. The van der Waals surface area contributed by atoms with Crippen LogP contribution < -0.4 is 21.3 Å². The average molecular weight is 1230 g/mol. The number of amides is 8. The number of unbranched alkanes of at least 4 members (excludes halogenated alkanes) is 3. The van der Waals surface area contributed by atoms with Crippen LogP contribution in [0.3, 0.4) is 0 Å². The predicted molar refractivity (Wildman–Crippen MR) is 317 cm³/mol. The summed E-state index contributed by atoms with van der Waals surface area (Å²) in [7, 11) is 9.65. The van der Waals surface area contributed by atoms with Gasteiger partial charge in [-0.25, -0.2) is 0 Å². The van der Waals surface area contributed by atoms with Crippen molar-refractivity contribution < 1.29 is 95.5 Å². The van der Waals surface area contributed by atoms with Gasteiger partial charge >= 0.3 is 23.9 Å². The Morgan fingerprint density at radius 3 is 0.965 bits per heavy atom. The summed E-state index contributed by atoms with van der Waals surface area (Å²) >= 11 is 0. The summed E-state index contributed by atoms with van der Waals surface area (Å²) < 4.78 is 26.6. The third kappa shape index (κ3) is 43.4. The van der Waals surface area contributed by atoms with Crippen molar-refractivity contribution >= 4 is 84.4 Å². The molecule has 0 fully saturated rings. The van der Waals surface area contributed by atoms with Crippen molar-refractivity contribution in [2.45, 2.75) is 188 Å². The number of rotatable bonds is 44. The Morgan fingerprint density at radius 2 is 0.663 bits per heavy atom. The number of carbonyl (C=O) groups is 14. The number of hydrogen-bond donors (Lipinski definition) is 4. The van der Waals surface area contributed by atoms with Gasteiger partial charge in [-0.15, -0.1) is 0 Å². The van der Waals surface area contributed by atoms with Crippen LogP contribution >= 0.6 is 0 Å². The van der Waals surface area contributed by atoms with Crippen LogP contribution in [-0.2, 0) is 95.5 Å². The quantitative estimate of drug-likeness (QED) is 0.0294. The molecule has 8 amide bonds. The third-order valence-electron chi connectivity index (χ3n) is 12.8. The summed E-state index contributed by atoms with van der Waals surface area (Å²) in [5.41, 5.74) is 0. The lowest BCUT2D eigenvalue weighted by Crippen LogP contribution is -2.50. The first-order valence-electron chi connectivity index (χ1n) is 29.3. The van der Waals surface area contributed by atoms with Crippen LogP contribution in [0.1, 0.15) is 164 Å². The largest absolute Gasteiger partial charge is 0.471 e. The molecule has 0 aromatic rings. The van der Waals surface area contributed by atoms with Crippen molar-refractivity contribution in [1.29, 1.82) is 0 Å². The van der Waals surface area contributed by atoms with Crippen molar-refractivity contribution in [2.24, 2.45) is 0 Å². The summed E-state index contributed by atoms with van der Waals surface area (Å²) in [4.78, 5) is 174. The van der Waals surface area contributed by atoms with E-state index in [2.05, 4.69) is 40.2 Å². The number of aldehydes is 1. The van der Waals surface area contributed by atoms with Gasteiger partial charge in [0.05, 0.1) is 35.5 Å². The molecule has 4 unspecified atom stereocenters. The maximum absolute atomic E-state index is 13.8. The van der Waals surface area contributed by atoms with E-state index in [9.17, 15) is 62.3 Å². The Bertz CT molecular complexity index is 1980. The van der Waals surface area contributed by atoms with Crippen LogP contribution in [0.4, 0.5) is 0 Å². The van der Waals surface area contributed by atoms with E-state index >= 15 is 0 Å². The molecule has 0 bridgehead atoms. The van der Waals surface area contributed by atoms with E-state index < -0.39 is 71.6 Å². The Labute approximate surface area is 509 Å². The zero-order valence-electron chi connectivity index (χ0n) is 53.6. The predicted octanol–water partition coefficient (Wildman–Crippen LogP) is 2.33. The van der Waals surface area contributed by atoms with E-state index in [1.165, 1.54) is 55.1 Å². The molecule has 0 heterocycles. The Kier molecular flexibility index (Phi) is 56.3. The van der Waals surface area contributed by atoms with Crippen LogP contribution in [-0.4, -0.2) is 230 Å². The lowest BCUT2D eigenvalue weighted by Gasteiger charge is -2.31. The number of ether oxygens (including phenoxy) is 6. The zero-order chi connectivity index (χ0) is 66.3. The molecule has 0 aliphatic rings. The second-order valence-electron chi connectivity index (χ2n) is 19.4. The standard InChI is InChI=1S/C41H70N6O13.C13H24N2O4.C2H4O2.C2H6O/c1-8-9-23-42-39(55)30(2)45(26-14-19-35(51)47(28-16-22-38(54)60-7)32(4)41(57)44-25-13-20-36(52)58-5)33(49)17-12-18-34(50)46(27-15-21-37(53)59-6)31(3)40(56)43-24-10-11-29-48;1-4-5-8-14-13(18)11(2)15(10-16)9-6-7-12(17)19-3;1-4-2-3;1-3-2/h29-32H,8-28H2,1-7H3,(H,42,55)(H,43,56)(H,44,57);10-11H,4-9H2,1-3H3,(H,14,18);2H,1H3;1-2H3. The molecule has 4 atom stereocenters. The maximum Gasteiger partial charge on any atom is 0.305 e. The summed E-state index contributed by atoms with van der Waals surface area (Å²) in [6.45, 7) is 12.7. The van der Waals surface area contributed by atoms with E-state index in [1.54, 1.807) is 41.9 Å². The molecule has 28 heteroatoms. The van der Waals surface area contributed by atoms with Gasteiger partial charge in [-0.1, -0.05) is 26.7 Å². The minimum Gasteiger partial charge on any atom is -0.471 e. The van der Waals surface area contributed by atoms with Crippen LogP contribution in [0.15, 0.2) is 0 Å². The van der Waals surface area contributed by atoms with Crippen molar-refractivity contribution in [1.82, 2.24) is 40.9 Å². The number of nitrogens with one attached hydrogen (secondary N) is 4. The SMILES string of the molecule is CCCCNC(=O)C(C)N(C=O)CCCC(=O)OC.CCCCNC(=O)C(C)N(CCCC(=O)N(CCCC(=O)OC)C(C)C(=O)NCCCC(=O)OC)C(=O)CCCC(=O)N(CCCC(=O)OC)C(C)C(=O)NCCCC=O.COC.COC=O. The number of carbonyl (C=O) groups excluding carboxylic acids is 14. The lowest BCUT2D eigenvalue weighted by molar-refractivity contribution is -0.143. The van der Waals surface area contributed by atoms with Gasteiger partial charge in [0.25, 0.3) is 6.47 Å². The van der Waals surface area contributed by atoms with Gasteiger partial charge in [0.15, 0.2) is 0 Å². The second-order valence-corrected chi connectivity index (χ2v) is 19.4. The number of nitrogens with zero attached hydrogens (tertiary/aromatic N) is 4. The fraction of sp³-hybridized carbons (Fsp3) is 0.759. The average Bonchev–Trinajstić information content (AvgIpc) is 3.68. The van der Waals surface area contributed by atoms with Gasteiger partial charge in [0.2, 0.25) is 47.8 Å². The van der Waals surface area contributed by atoms with E-state index in [0.717, 1.165) is 32.0 Å². The van der Waals surface area contributed by atoms with Gasteiger partial charge in [-0.05, 0) is 85.5 Å². The molecular weight excluding hydrogens is 1130 g/mol. The molecule has 4 N–H and O–H groups in total. The van der Waals surface area contributed by atoms with Crippen LogP contribution in [0, 0.1) is 0 Å². The smallest absolute Gasteiger partial charge is 0.305 e. The number of methoxy groups -OCH3 is 6. The first-order valence-corrected chi connectivity index (χ1v) is 29.3. The summed E-state index contributed by atoms with van der Waals surface area (Å²) in [5.74, 6) is -4.37. The van der Waals surface area contributed by atoms with Crippen molar-refractivity contribution in [3.63, 3.8) is 0 Å². The fourth-order valence-electron chi connectivity index (χ4n) is 7.55. The highest BCUT2D eigenvalue weighted by Gasteiger charge is 2.30. The molecule has 0 aliphatic carbocycles. The molecule has 0 rings (SSSR count). The molecule has 86 heavy (non-hydrogen) atoms. The topological polar surface area (TPSA) is 355 Å². The van der Waals surface area contributed by atoms with Gasteiger partial charge in [0.1, 0.15) is 30.5 Å². The summed E-state index contributed by atoms with van der Waals surface area (Å²) in [5, 5.41) is 11.0. The molecule has 0 aliphatic heterocycles. The third-order valence-corrected chi connectivity index (χ3v) is 12.8. The molecule has 0 aromatic carbocycles. The fourth-order valence-corrected chi connectivity index (χ4v) is 7.55. The van der Waals surface area contributed by atoms with Crippen molar-refractivity contribution in [3.8, 4) is 0 Å². The molecule has 496 valence electrons. The first-order chi connectivity index (χ1) is 41.0. The van der Waals surface area contributed by atoms with E-state index in [1.807, 2.05) is 13.8 Å². The van der Waals surface area contributed by atoms with E-state index in [-0.39, 0.29) is 128 Å². The monoisotopic (exact) mass is 1230 g/mol.